The summed E-state index contributed by atoms with van der Waals surface area (Å²) in [5, 5.41) is 13.0. The Labute approximate surface area is 150 Å². The van der Waals surface area contributed by atoms with Gasteiger partial charge in [-0.3, -0.25) is 9.59 Å². The molecule has 1 atom stereocenters. The Hall–Kier alpha value is -3.15. The fourth-order valence-electron chi connectivity index (χ4n) is 3.03. The molecule has 0 aliphatic heterocycles. The molecule has 0 saturated carbocycles. The number of carbonyl (C=O) groups excluding carboxylic acids is 1. The summed E-state index contributed by atoms with van der Waals surface area (Å²) in [6.07, 6.45) is 0.264. The van der Waals surface area contributed by atoms with Crippen molar-refractivity contribution in [3.05, 3.63) is 58.8 Å². The Morgan fingerprint density at radius 1 is 1.04 bits per heavy atom. The Balaban J connectivity index is 2.12. The Morgan fingerprint density at radius 2 is 1.54 bits per heavy atom. The number of pyridine rings is 1. The third-order valence-electron chi connectivity index (χ3n) is 4.78. The molecule has 26 heavy (non-hydrogen) atoms. The van der Waals surface area contributed by atoms with Crippen molar-refractivity contribution in [1.29, 1.82) is 0 Å². The predicted octanol–water partition coefficient (Wildman–Crippen LogP) is 2.52. The van der Waals surface area contributed by atoms with E-state index >= 15 is 0 Å². The van der Waals surface area contributed by atoms with Crippen LogP contribution in [-0.2, 0) is 16.1 Å². The van der Waals surface area contributed by atoms with E-state index in [2.05, 4.69) is 5.32 Å². The second-order valence-corrected chi connectivity index (χ2v) is 6.49. The van der Waals surface area contributed by atoms with Gasteiger partial charge >= 0.3 is 5.97 Å². The summed E-state index contributed by atoms with van der Waals surface area (Å²) in [6, 6.07) is 14.2. The molecule has 3 aromatic rings. The molecule has 1 aromatic heterocycles. The molecule has 0 radical (unpaired) electrons. The number of aromatic nitrogens is 1. The molecule has 0 spiro atoms. The zero-order valence-corrected chi connectivity index (χ0v) is 14.7. The van der Waals surface area contributed by atoms with Gasteiger partial charge in [0.1, 0.15) is 12.1 Å². The van der Waals surface area contributed by atoms with Gasteiger partial charge in [-0.25, -0.2) is 4.79 Å². The number of carbonyl (C=O) groups is 2. The van der Waals surface area contributed by atoms with Crippen LogP contribution in [0.15, 0.2) is 53.3 Å². The van der Waals surface area contributed by atoms with Crippen LogP contribution in [0.1, 0.15) is 20.3 Å². The number of nitrogens with one attached hydrogen (secondary N) is 1. The number of hydrogen-bond donors (Lipinski definition) is 2. The summed E-state index contributed by atoms with van der Waals surface area (Å²) in [4.78, 5) is 36.7. The van der Waals surface area contributed by atoms with Gasteiger partial charge in [-0.15, -0.1) is 0 Å². The molecule has 2 N–H and O–H groups in total. The van der Waals surface area contributed by atoms with E-state index in [0.717, 1.165) is 0 Å². The van der Waals surface area contributed by atoms with Crippen molar-refractivity contribution >= 4 is 33.7 Å². The van der Waals surface area contributed by atoms with Crippen LogP contribution in [0, 0.1) is 0 Å². The van der Waals surface area contributed by atoms with Crippen LogP contribution in [0.25, 0.3) is 21.8 Å². The van der Waals surface area contributed by atoms with Gasteiger partial charge in [0.25, 0.3) is 0 Å². The number of para-hydroxylation sites is 2. The van der Waals surface area contributed by atoms with Crippen molar-refractivity contribution in [2.24, 2.45) is 0 Å². The van der Waals surface area contributed by atoms with Gasteiger partial charge in [0.2, 0.25) is 5.91 Å². The van der Waals surface area contributed by atoms with Gasteiger partial charge in [-0.2, -0.15) is 0 Å². The van der Waals surface area contributed by atoms with Crippen LogP contribution in [0.2, 0.25) is 0 Å². The van der Waals surface area contributed by atoms with Gasteiger partial charge < -0.3 is 15.0 Å². The second kappa shape index (κ2) is 6.63. The lowest BCUT2D eigenvalue weighted by Gasteiger charge is -2.25. The van der Waals surface area contributed by atoms with E-state index in [-0.39, 0.29) is 18.4 Å². The molecule has 3 rings (SSSR count). The Bertz CT molecular complexity index is 1010. The summed E-state index contributed by atoms with van der Waals surface area (Å²) in [5.41, 5.74) is -0.140. The maximum absolute atomic E-state index is 12.7. The molecule has 1 amide bonds. The average Bonchev–Trinajstić information content (AvgIpc) is 2.65. The molecule has 1 heterocycles. The first-order valence-corrected chi connectivity index (χ1v) is 8.42. The number of fused-ring (bicyclic) bond motifs is 2. The smallest absolute Gasteiger partial charge is 0.329 e. The lowest BCUT2D eigenvalue weighted by Crippen LogP contribution is -2.52. The lowest BCUT2D eigenvalue weighted by atomic mass is 9.99. The van der Waals surface area contributed by atoms with E-state index in [4.69, 9.17) is 0 Å². The van der Waals surface area contributed by atoms with E-state index in [1.54, 1.807) is 60.0 Å². The van der Waals surface area contributed by atoms with Crippen molar-refractivity contribution < 1.29 is 14.7 Å². The molecule has 0 aliphatic rings. The summed E-state index contributed by atoms with van der Waals surface area (Å²) in [5.74, 6) is -1.50. The van der Waals surface area contributed by atoms with E-state index in [1.807, 2.05) is 0 Å². The minimum atomic E-state index is -1.33. The number of carboxylic acids is 1. The van der Waals surface area contributed by atoms with Crippen LogP contribution >= 0.6 is 0 Å². The number of hydrogen-bond acceptors (Lipinski definition) is 3. The summed E-state index contributed by atoms with van der Waals surface area (Å²) in [7, 11) is 0. The zero-order chi connectivity index (χ0) is 18.9. The highest BCUT2D eigenvalue weighted by Crippen LogP contribution is 2.19. The third-order valence-corrected chi connectivity index (χ3v) is 4.78. The molecule has 2 aromatic carbocycles. The highest BCUT2D eigenvalue weighted by atomic mass is 16.4. The Morgan fingerprint density at radius 3 is 2.00 bits per heavy atom. The first-order valence-electron chi connectivity index (χ1n) is 8.42. The number of carboxylic acid groups (broad SMARTS) is 1. The highest BCUT2D eigenvalue weighted by Gasteiger charge is 2.32. The number of nitrogens with zero attached hydrogens (tertiary/aromatic N) is 1. The minimum absolute atomic E-state index is 0.0792. The quantitative estimate of drug-likeness (QED) is 0.691. The zero-order valence-electron chi connectivity index (χ0n) is 14.7. The monoisotopic (exact) mass is 352 g/mol. The number of amides is 1. The van der Waals surface area contributed by atoms with Crippen LogP contribution in [0.3, 0.4) is 0 Å². The van der Waals surface area contributed by atoms with Gasteiger partial charge in [0.15, 0.2) is 5.43 Å². The molecule has 134 valence electrons. The van der Waals surface area contributed by atoms with Gasteiger partial charge in [0.05, 0.1) is 11.0 Å². The normalized spacial score (nSPS) is 13.5. The van der Waals surface area contributed by atoms with Crippen LogP contribution in [0.5, 0.6) is 0 Å². The van der Waals surface area contributed by atoms with Crippen LogP contribution in [-0.4, -0.2) is 27.1 Å². The lowest BCUT2D eigenvalue weighted by molar-refractivity contribution is -0.147. The maximum atomic E-state index is 12.7. The van der Waals surface area contributed by atoms with Crippen molar-refractivity contribution in [2.75, 3.05) is 0 Å². The fourth-order valence-corrected chi connectivity index (χ4v) is 3.03. The summed E-state index contributed by atoms with van der Waals surface area (Å²) in [6.45, 7) is 3.11. The van der Waals surface area contributed by atoms with Crippen molar-refractivity contribution in [3.63, 3.8) is 0 Å². The second-order valence-electron chi connectivity index (χ2n) is 6.49. The Kier molecular flexibility index (Phi) is 4.50. The van der Waals surface area contributed by atoms with Gasteiger partial charge in [-0.05, 0) is 37.6 Å². The van der Waals surface area contributed by atoms with Crippen LogP contribution in [0.4, 0.5) is 0 Å². The molecule has 0 fully saturated rings. The SMILES string of the molecule is CCC(C)(NC(=O)Cn1c2ccccc2c(=O)c2ccccc21)C(=O)O. The van der Waals surface area contributed by atoms with E-state index in [9.17, 15) is 19.5 Å². The molecular weight excluding hydrogens is 332 g/mol. The number of rotatable bonds is 5. The fraction of sp³-hybridized carbons (Fsp3) is 0.250. The summed E-state index contributed by atoms with van der Waals surface area (Å²) < 4.78 is 1.75. The molecule has 6 heteroatoms. The van der Waals surface area contributed by atoms with E-state index < -0.39 is 17.4 Å². The summed E-state index contributed by atoms with van der Waals surface area (Å²) >= 11 is 0. The third kappa shape index (κ3) is 2.94. The minimum Gasteiger partial charge on any atom is -0.480 e. The molecule has 0 aliphatic carbocycles. The largest absolute Gasteiger partial charge is 0.480 e. The van der Waals surface area contributed by atoms with Crippen molar-refractivity contribution in [3.8, 4) is 0 Å². The van der Waals surface area contributed by atoms with Gasteiger partial charge in [0, 0.05) is 10.8 Å². The average molecular weight is 352 g/mol. The van der Waals surface area contributed by atoms with Gasteiger partial charge in [-0.1, -0.05) is 31.2 Å². The standard InChI is InChI=1S/C20H20N2O4/c1-3-20(2,19(25)26)21-17(23)12-22-15-10-6-4-8-13(15)18(24)14-9-5-7-11-16(14)22/h4-11H,3,12H2,1-2H3,(H,21,23)(H,25,26). The maximum Gasteiger partial charge on any atom is 0.329 e. The van der Waals surface area contributed by atoms with E-state index in [1.165, 1.54) is 6.92 Å². The number of benzene rings is 2. The predicted molar refractivity (Wildman–Crippen MR) is 100 cm³/mol. The van der Waals surface area contributed by atoms with Crippen LogP contribution < -0.4 is 10.7 Å². The first kappa shape index (κ1) is 17.7. The molecular formula is C20H20N2O4. The van der Waals surface area contributed by atoms with E-state index in [0.29, 0.717) is 21.8 Å². The molecule has 0 saturated heterocycles. The van der Waals surface area contributed by atoms with Crippen molar-refractivity contribution in [1.82, 2.24) is 9.88 Å². The molecule has 6 nitrogen and oxygen atoms in total. The topological polar surface area (TPSA) is 88.4 Å². The molecule has 1 unspecified atom stereocenters. The molecule has 0 bridgehead atoms. The first-order chi connectivity index (χ1) is 12.4. The highest BCUT2D eigenvalue weighted by molar-refractivity contribution is 5.95. The van der Waals surface area contributed by atoms with Crippen molar-refractivity contribution in [2.45, 2.75) is 32.4 Å². The number of aliphatic carboxylic acids is 1.